The van der Waals surface area contributed by atoms with Crippen LogP contribution in [0.25, 0.3) is 0 Å². The molecule has 4 heteroatoms. The van der Waals surface area contributed by atoms with Gasteiger partial charge in [-0.05, 0) is 0 Å². The predicted molar refractivity (Wildman–Crippen MR) is 92.1 cm³/mol. The first-order chi connectivity index (χ1) is 8.65. The van der Waals surface area contributed by atoms with Gasteiger partial charge in [0.15, 0.2) is 0 Å². The second-order valence-corrected chi connectivity index (χ2v) is 4.47. The van der Waals surface area contributed by atoms with Gasteiger partial charge < -0.3 is 39.7 Å². The summed E-state index contributed by atoms with van der Waals surface area (Å²) in [6.45, 7) is 8.59. The average Bonchev–Trinajstić information content (AvgIpc) is 3.01. The predicted octanol–water partition coefficient (Wildman–Crippen LogP) is -1.35. The van der Waals surface area contributed by atoms with Crippen molar-refractivity contribution in [3.63, 3.8) is 0 Å². The van der Waals surface area contributed by atoms with E-state index in [1.165, 1.54) is 24.0 Å². The van der Waals surface area contributed by atoms with Crippen LogP contribution in [0.15, 0.2) is 35.5 Å². The van der Waals surface area contributed by atoms with E-state index in [2.05, 4.69) is 64.2 Å². The van der Waals surface area contributed by atoms with Gasteiger partial charge in [-0.15, -0.1) is 13.8 Å². The van der Waals surface area contributed by atoms with Crippen LogP contribution in [0.2, 0.25) is 0 Å². The summed E-state index contributed by atoms with van der Waals surface area (Å²) < 4.78 is 0. The second kappa shape index (κ2) is 21.5. The molecule has 128 valence electrons. The van der Waals surface area contributed by atoms with Gasteiger partial charge >= 0.3 is 26.8 Å². The number of hydrogen-bond donors (Lipinski definition) is 0. The van der Waals surface area contributed by atoms with Gasteiger partial charge in [0.1, 0.15) is 0 Å². The maximum absolute atomic E-state index is 3.24. The summed E-state index contributed by atoms with van der Waals surface area (Å²) in [6, 6.07) is 0. The zero-order valence-corrected chi connectivity index (χ0v) is 19.3. The number of allylic oxidation sites excluding steroid dienone is 8. The number of rotatable bonds is 2. The van der Waals surface area contributed by atoms with E-state index < -0.39 is 0 Å². The SMILES string of the molecule is CCC1[C-]=CC(C)=C1.CCC1[C-]=CC(C)=C1.[CH3-].[CH3-].[Cl-].[Cl-].[SiH2]=[Ti+2]. The Bertz CT molecular complexity index is 326. The Morgan fingerprint density at radius 1 is 0.864 bits per heavy atom. The van der Waals surface area contributed by atoms with Crippen LogP contribution in [0.4, 0.5) is 0 Å². The van der Waals surface area contributed by atoms with Crippen molar-refractivity contribution in [3.8, 4) is 0 Å². The molecule has 0 saturated heterocycles. The van der Waals surface area contributed by atoms with Crippen LogP contribution in [0.1, 0.15) is 40.5 Å². The molecular weight excluding hydrogens is 363 g/mol. The van der Waals surface area contributed by atoms with Crippen LogP contribution < -0.4 is 24.8 Å². The third-order valence-electron chi connectivity index (χ3n) is 2.86. The summed E-state index contributed by atoms with van der Waals surface area (Å²) in [4.78, 5) is 0. The average molecular weight is 393 g/mol. The van der Waals surface area contributed by atoms with Crippen LogP contribution in [-0.4, -0.2) is 7.63 Å². The molecule has 2 aliphatic carbocycles. The van der Waals surface area contributed by atoms with Gasteiger partial charge in [-0.25, -0.2) is 23.3 Å². The second-order valence-electron chi connectivity index (χ2n) is 4.47. The molecule has 0 heterocycles. The molecule has 22 heavy (non-hydrogen) atoms. The van der Waals surface area contributed by atoms with Crippen molar-refractivity contribution in [1.82, 2.24) is 0 Å². The first-order valence-electron chi connectivity index (χ1n) is 6.56. The van der Waals surface area contributed by atoms with E-state index in [-0.39, 0.29) is 39.7 Å². The Labute approximate surface area is 165 Å². The zero-order valence-electron chi connectivity index (χ0n) is 14.8. The minimum atomic E-state index is 0. The molecular formula is C18H30Cl2SiTi-4. The third kappa shape index (κ3) is 15.4. The van der Waals surface area contributed by atoms with Crippen molar-refractivity contribution >= 4 is 7.63 Å². The summed E-state index contributed by atoms with van der Waals surface area (Å²) in [5.74, 6) is 1.21. The number of hydrogen-bond acceptors (Lipinski definition) is 0. The number of halogens is 2. The van der Waals surface area contributed by atoms with Gasteiger partial charge in [-0.3, -0.25) is 12.2 Å². The van der Waals surface area contributed by atoms with Crippen molar-refractivity contribution in [1.29, 1.82) is 0 Å². The first kappa shape index (κ1) is 33.9. The standard InChI is InChI=1S/2C8H11.2CH3.2ClH.H2Si.Ti/c2*1-3-8-5-4-7(2)6-8;;;;;;/h2*4,6,8H,3H2,1-2H3;2*1H3;2*1H;1H2;/q4*-1;;;;+2/p-2. The molecule has 0 aromatic rings. The van der Waals surface area contributed by atoms with Crippen molar-refractivity contribution in [2.75, 3.05) is 0 Å². The molecule has 0 fully saturated rings. The molecule has 0 amide bonds. The van der Waals surface area contributed by atoms with Gasteiger partial charge in [0.2, 0.25) is 0 Å². The van der Waals surface area contributed by atoms with Crippen LogP contribution in [0, 0.1) is 38.8 Å². The van der Waals surface area contributed by atoms with Crippen LogP contribution >= 0.6 is 0 Å². The summed E-state index contributed by atoms with van der Waals surface area (Å²) in [5.41, 5.74) is 2.72. The molecule has 0 nitrogen and oxygen atoms in total. The van der Waals surface area contributed by atoms with E-state index in [1.807, 2.05) is 26.8 Å². The molecule has 2 atom stereocenters. The molecule has 0 bridgehead atoms. The molecule has 0 N–H and O–H groups in total. The van der Waals surface area contributed by atoms with Gasteiger partial charge in [-0.2, -0.15) is 12.2 Å². The summed E-state index contributed by atoms with van der Waals surface area (Å²) >= 11 is 2.03. The van der Waals surface area contributed by atoms with Gasteiger partial charge in [0.05, 0.1) is 0 Å². The van der Waals surface area contributed by atoms with E-state index in [1.54, 1.807) is 0 Å². The summed E-state index contributed by atoms with van der Waals surface area (Å²) in [7, 11) is 1.86. The van der Waals surface area contributed by atoms with Crippen molar-refractivity contribution in [2.24, 2.45) is 11.8 Å². The minimum absolute atomic E-state index is 0. The first-order valence-corrected chi connectivity index (χ1v) is 10.6. The fourth-order valence-corrected chi connectivity index (χ4v) is 1.78. The Morgan fingerprint density at radius 2 is 1.14 bits per heavy atom. The molecule has 0 spiro atoms. The molecule has 0 aromatic heterocycles. The van der Waals surface area contributed by atoms with E-state index >= 15 is 0 Å². The van der Waals surface area contributed by atoms with E-state index in [0.29, 0.717) is 11.8 Å². The van der Waals surface area contributed by atoms with E-state index in [9.17, 15) is 0 Å². The molecule has 0 radical (unpaired) electrons. The van der Waals surface area contributed by atoms with Crippen LogP contribution in [0.5, 0.6) is 0 Å². The van der Waals surface area contributed by atoms with Gasteiger partial charge in [0, 0.05) is 0 Å². The van der Waals surface area contributed by atoms with E-state index in [0.717, 1.165) is 0 Å². The third-order valence-corrected chi connectivity index (χ3v) is 2.86. The monoisotopic (exact) mass is 392 g/mol. The topological polar surface area (TPSA) is 0 Å². The fraction of sp³-hybridized carbons (Fsp3) is 0.444. The van der Waals surface area contributed by atoms with Gasteiger partial charge in [-0.1, -0.05) is 38.5 Å². The van der Waals surface area contributed by atoms with Crippen molar-refractivity contribution < 1.29 is 44.0 Å². The van der Waals surface area contributed by atoms with Crippen LogP contribution in [-0.2, 0) is 19.2 Å². The molecule has 2 aliphatic rings. The van der Waals surface area contributed by atoms with Crippen molar-refractivity contribution in [3.05, 3.63) is 62.5 Å². The Kier molecular flexibility index (Phi) is 33.1. The zero-order chi connectivity index (χ0) is 14.0. The van der Waals surface area contributed by atoms with Crippen LogP contribution in [0.3, 0.4) is 0 Å². The molecule has 0 saturated carbocycles. The maximum atomic E-state index is 3.24. The Hall–Kier alpha value is 0.471. The quantitative estimate of drug-likeness (QED) is 0.402. The fourth-order valence-electron chi connectivity index (χ4n) is 1.78. The molecule has 0 aliphatic heterocycles. The summed E-state index contributed by atoms with van der Waals surface area (Å²) in [6.07, 6.45) is 17.5. The normalized spacial score (nSPS) is 19.4. The summed E-state index contributed by atoms with van der Waals surface area (Å²) in [5, 5.41) is 0. The van der Waals surface area contributed by atoms with Gasteiger partial charge in [0.25, 0.3) is 0 Å². The van der Waals surface area contributed by atoms with Crippen molar-refractivity contribution in [2.45, 2.75) is 40.5 Å². The molecule has 0 aromatic carbocycles. The van der Waals surface area contributed by atoms with E-state index in [4.69, 9.17) is 0 Å². The Balaban J connectivity index is -0.0000000676. The molecule has 2 unspecified atom stereocenters. The Morgan fingerprint density at radius 3 is 1.23 bits per heavy atom. The molecule has 2 rings (SSSR count).